The molecule has 0 aliphatic carbocycles. The molecule has 1 aromatic heterocycles. The van der Waals surface area contributed by atoms with Gasteiger partial charge in [-0.15, -0.1) is 0 Å². The van der Waals surface area contributed by atoms with Crippen molar-refractivity contribution in [2.45, 2.75) is 18.9 Å². The van der Waals surface area contributed by atoms with Gasteiger partial charge >= 0.3 is 12.4 Å². The smallest absolute Gasteiger partial charge is 0.361 e. The van der Waals surface area contributed by atoms with Gasteiger partial charge < -0.3 is 4.90 Å². The van der Waals surface area contributed by atoms with Crippen LogP contribution in [-0.2, 0) is 12.7 Å². The minimum atomic E-state index is -4.84. The number of aromatic nitrogens is 3. The lowest BCUT2D eigenvalue weighted by atomic mass is 10.1. The fraction of sp³-hybridized carbons (Fsp3) is 0.357. The molecular formula is C14H11F6N5. The van der Waals surface area contributed by atoms with Crippen LogP contribution in [-0.4, -0.2) is 34.0 Å². The first-order chi connectivity index (χ1) is 11.6. The van der Waals surface area contributed by atoms with Crippen molar-refractivity contribution in [1.82, 2.24) is 14.8 Å². The van der Waals surface area contributed by atoms with Crippen molar-refractivity contribution in [3.05, 3.63) is 47.8 Å². The maximum Gasteiger partial charge on any atom is 0.407 e. The van der Waals surface area contributed by atoms with E-state index in [1.165, 1.54) is 17.3 Å². The highest BCUT2D eigenvalue weighted by Crippen LogP contribution is 2.39. The van der Waals surface area contributed by atoms with Gasteiger partial charge in [0.05, 0.1) is 18.7 Å². The number of anilines is 1. The van der Waals surface area contributed by atoms with Gasteiger partial charge in [0.2, 0.25) is 0 Å². The highest BCUT2D eigenvalue weighted by Gasteiger charge is 2.35. The van der Waals surface area contributed by atoms with E-state index >= 15 is 0 Å². The van der Waals surface area contributed by atoms with Gasteiger partial charge in [0.15, 0.2) is 5.69 Å². The second kappa shape index (κ2) is 7.00. The lowest BCUT2D eigenvalue weighted by Crippen LogP contribution is -2.36. The Morgan fingerprint density at radius 1 is 1.16 bits per heavy atom. The van der Waals surface area contributed by atoms with E-state index in [1.54, 1.807) is 0 Å². The van der Waals surface area contributed by atoms with Crippen LogP contribution in [0.3, 0.4) is 0 Å². The van der Waals surface area contributed by atoms with Crippen LogP contribution in [0.1, 0.15) is 5.56 Å². The predicted molar refractivity (Wildman–Crippen MR) is 76.0 cm³/mol. The van der Waals surface area contributed by atoms with Gasteiger partial charge in [-0.1, -0.05) is 6.07 Å². The summed E-state index contributed by atoms with van der Waals surface area (Å²) in [5, 5.41) is 3.74. The maximum atomic E-state index is 13.0. The Balaban J connectivity index is 2.34. The van der Waals surface area contributed by atoms with Gasteiger partial charge in [-0.2, -0.15) is 31.4 Å². The Kier molecular flexibility index (Phi) is 5.20. The van der Waals surface area contributed by atoms with E-state index in [9.17, 15) is 26.3 Å². The predicted octanol–water partition coefficient (Wildman–Crippen LogP) is 3.92. The van der Waals surface area contributed by atoms with E-state index in [1.807, 2.05) is 0 Å². The summed E-state index contributed by atoms with van der Waals surface area (Å²) in [6.07, 6.45) is -6.97. The number of alkyl halides is 6. The van der Waals surface area contributed by atoms with Gasteiger partial charge in [0, 0.05) is 12.2 Å². The van der Waals surface area contributed by atoms with E-state index in [0.717, 1.165) is 17.0 Å². The van der Waals surface area contributed by atoms with Crippen molar-refractivity contribution in [1.29, 1.82) is 0 Å². The molecule has 5 nitrogen and oxygen atoms in total. The summed E-state index contributed by atoms with van der Waals surface area (Å²) in [5.41, 5.74) is -2.22. The van der Waals surface area contributed by atoms with E-state index in [2.05, 4.69) is 14.9 Å². The normalized spacial score (nSPS) is 12.0. The Morgan fingerprint density at radius 2 is 1.88 bits per heavy atom. The molecule has 2 aromatic rings. The summed E-state index contributed by atoms with van der Waals surface area (Å²) in [4.78, 5) is 7.17. The fourth-order valence-corrected chi connectivity index (χ4v) is 2.13. The molecule has 0 saturated heterocycles. The number of benzene rings is 1. The average molecular weight is 363 g/mol. The van der Waals surface area contributed by atoms with Crippen molar-refractivity contribution in [2.75, 3.05) is 18.0 Å². The van der Waals surface area contributed by atoms with Crippen LogP contribution in [0, 0.1) is 6.57 Å². The third-order valence-electron chi connectivity index (χ3n) is 3.21. The molecule has 0 radical (unpaired) electrons. The van der Waals surface area contributed by atoms with Crippen LogP contribution in [0.5, 0.6) is 0 Å². The Morgan fingerprint density at radius 3 is 2.40 bits per heavy atom. The first kappa shape index (κ1) is 18.6. The number of rotatable bonds is 5. The van der Waals surface area contributed by atoms with Crippen LogP contribution < -0.4 is 4.90 Å². The molecular weight excluding hydrogens is 352 g/mol. The van der Waals surface area contributed by atoms with E-state index in [4.69, 9.17) is 6.57 Å². The minimum Gasteiger partial charge on any atom is -0.361 e. The van der Waals surface area contributed by atoms with Crippen molar-refractivity contribution >= 4 is 11.4 Å². The molecule has 2 rings (SSSR count). The summed E-state index contributed by atoms with van der Waals surface area (Å²) in [7, 11) is 0. The second-order valence-corrected chi connectivity index (χ2v) is 5.01. The quantitative estimate of drug-likeness (QED) is 0.597. The highest BCUT2D eigenvalue weighted by atomic mass is 19.4. The zero-order valence-corrected chi connectivity index (χ0v) is 12.5. The monoisotopic (exact) mass is 363 g/mol. The topological polar surface area (TPSA) is 38.3 Å². The molecule has 1 heterocycles. The van der Waals surface area contributed by atoms with E-state index in [0.29, 0.717) is 6.07 Å². The fourth-order valence-electron chi connectivity index (χ4n) is 2.13. The molecule has 0 aliphatic rings. The van der Waals surface area contributed by atoms with Crippen molar-refractivity contribution in [3.63, 3.8) is 0 Å². The molecule has 0 bridgehead atoms. The van der Waals surface area contributed by atoms with E-state index in [-0.39, 0.29) is 18.8 Å². The molecule has 0 amide bonds. The summed E-state index contributed by atoms with van der Waals surface area (Å²) in [6.45, 7) is 5.10. The first-order valence-corrected chi connectivity index (χ1v) is 6.83. The van der Waals surface area contributed by atoms with Crippen molar-refractivity contribution in [3.8, 4) is 0 Å². The minimum absolute atomic E-state index is 0.00199. The zero-order valence-electron chi connectivity index (χ0n) is 12.5. The Bertz CT molecular complexity index is 745. The number of hydrogen-bond donors (Lipinski definition) is 0. The van der Waals surface area contributed by atoms with Gasteiger partial charge in [0.25, 0.3) is 0 Å². The van der Waals surface area contributed by atoms with Crippen LogP contribution in [0.2, 0.25) is 0 Å². The summed E-state index contributed by atoms with van der Waals surface area (Å²) in [6, 6.07) is 2.49. The van der Waals surface area contributed by atoms with Gasteiger partial charge in [-0.3, -0.25) is 4.68 Å². The van der Waals surface area contributed by atoms with E-state index < -0.39 is 30.1 Å². The molecule has 0 aliphatic heterocycles. The highest BCUT2D eigenvalue weighted by molar-refractivity contribution is 5.62. The molecule has 0 unspecified atom stereocenters. The van der Waals surface area contributed by atoms with Crippen LogP contribution in [0.4, 0.5) is 37.7 Å². The van der Waals surface area contributed by atoms with Crippen LogP contribution in [0.25, 0.3) is 4.85 Å². The first-order valence-electron chi connectivity index (χ1n) is 6.83. The number of nitrogens with zero attached hydrogens (tertiary/aromatic N) is 5. The molecule has 0 N–H and O–H groups in total. The molecule has 0 saturated carbocycles. The molecule has 25 heavy (non-hydrogen) atoms. The summed E-state index contributed by atoms with van der Waals surface area (Å²) in [5.74, 6) is 0. The Hall–Kier alpha value is -2.77. The largest absolute Gasteiger partial charge is 0.407 e. The van der Waals surface area contributed by atoms with Crippen molar-refractivity contribution < 1.29 is 26.3 Å². The second-order valence-electron chi connectivity index (χ2n) is 5.01. The molecule has 0 spiro atoms. The SMILES string of the molecule is [C-]#[N+]c1ccc(N(CCn2cncn2)CC(F)(F)F)cc1C(F)(F)F. The number of hydrogen-bond acceptors (Lipinski definition) is 3. The molecule has 0 fully saturated rings. The van der Waals surface area contributed by atoms with Crippen LogP contribution in [0.15, 0.2) is 30.9 Å². The van der Waals surface area contributed by atoms with Gasteiger partial charge in [0.1, 0.15) is 19.2 Å². The van der Waals surface area contributed by atoms with Gasteiger partial charge in [-0.05, 0) is 12.1 Å². The van der Waals surface area contributed by atoms with Crippen LogP contribution >= 0.6 is 0 Å². The standard InChI is InChI=1S/C14H11F6N5/c1-21-12-3-2-10(6-11(12)14(18,19)20)24(7-13(15,16)17)4-5-25-9-22-8-23-25/h2-3,6,8-9H,4-5,7H2. The molecule has 0 atom stereocenters. The third-order valence-corrected chi connectivity index (χ3v) is 3.21. The molecule has 1 aromatic carbocycles. The number of halogens is 6. The Labute approximate surface area is 138 Å². The van der Waals surface area contributed by atoms with Crippen molar-refractivity contribution in [2.24, 2.45) is 0 Å². The van der Waals surface area contributed by atoms with Gasteiger partial charge in [-0.25, -0.2) is 9.83 Å². The molecule has 11 heteroatoms. The summed E-state index contributed by atoms with van der Waals surface area (Å²) >= 11 is 0. The molecule has 134 valence electrons. The zero-order chi connectivity index (χ0) is 18.7. The maximum absolute atomic E-state index is 13.0. The lowest BCUT2D eigenvalue weighted by molar-refractivity contribution is -0.136. The average Bonchev–Trinajstić information content (AvgIpc) is 3.02. The lowest BCUT2D eigenvalue weighted by Gasteiger charge is -2.27. The third kappa shape index (κ3) is 5.10. The summed E-state index contributed by atoms with van der Waals surface area (Å²) < 4.78 is 78.7.